The summed E-state index contributed by atoms with van der Waals surface area (Å²) in [6.07, 6.45) is 0. The van der Waals surface area contributed by atoms with Gasteiger partial charge in [0.2, 0.25) is 10.0 Å². The van der Waals surface area contributed by atoms with Gasteiger partial charge in [-0.25, -0.2) is 13.2 Å². The largest absolute Gasteiger partial charge is 0.476 e. The van der Waals surface area contributed by atoms with Gasteiger partial charge in [-0.15, -0.1) is 0 Å². The number of carbonyl (C=O) groups is 1. The van der Waals surface area contributed by atoms with E-state index in [2.05, 4.69) is 10.2 Å². The number of rotatable bonds is 5. The first-order valence-electron chi connectivity index (χ1n) is 6.12. The maximum atomic E-state index is 12.5. The van der Waals surface area contributed by atoms with E-state index >= 15 is 0 Å². The molecule has 1 aromatic carbocycles. The molecule has 0 aliphatic heterocycles. The van der Waals surface area contributed by atoms with Gasteiger partial charge in [0.15, 0.2) is 5.69 Å². The summed E-state index contributed by atoms with van der Waals surface area (Å²) in [6, 6.07) is 9.04. The van der Waals surface area contributed by atoms with Crippen molar-refractivity contribution in [2.75, 3.05) is 7.05 Å². The summed E-state index contributed by atoms with van der Waals surface area (Å²) >= 11 is 0. The minimum Gasteiger partial charge on any atom is -0.476 e. The van der Waals surface area contributed by atoms with E-state index in [1.54, 1.807) is 12.1 Å². The summed E-state index contributed by atoms with van der Waals surface area (Å²) in [5, 5.41) is 15.0. The van der Waals surface area contributed by atoms with E-state index in [9.17, 15) is 13.2 Å². The molecule has 21 heavy (non-hydrogen) atoms. The number of benzene rings is 1. The lowest BCUT2D eigenvalue weighted by molar-refractivity contribution is 0.0686. The number of aromatic nitrogens is 2. The average Bonchev–Trinajstić information content (AvgIpc) is 2.82. The van der Waals surface area contributed by atoms with E-state index < -0.39 is 21.7 Å². The SMILES string of the molecule is Cc1[nH]nc(C(=O)O)c1S(=O)(=O)N(C)Cc1ccccc1. The van der Waals surface area contributed by atoms with Gasteiger partial charge in [0.05, 0.1) is 5.69 Å². The Balaban J connectivity index is 2.38. The van der Waals surface area contributed by atoms with Gasteiger partial charge in [-0.2, -0.15) is 9.40 Å². The summed E-state index contributed by atoms with van der Waals surface area (Å²) in [7, 11) is -2.54. The van der Waals surface area contributed by atoms with Crippen molar-refractivity contribution < 1.29 is 18.3 Å². The van der Waals surface area contributed by atoms with Crippen LogP contribution >= 0.6 is 0 Å². The Bertz CT molecular complexity index is 753. The minimum absolute atomic E-state index is 0.146. The van der Waals surface area contributed by atoms with E-state index in [4.69, 9.17) is 5.11 Å². The zero-order valence-corrected chi connectivity index (χ0v) is 12.4. The van der Waals surface area contributed by atoms with Crippen molar-refractivity contribution in [1.82, 2.24) is 14.5 Å². The van der Waals surface area contributed by atoms with Crippen LogP contribution in [0.4, 0.5) is 0 Å². The monoisotopic (exact) mass is 309 g/mol. The van der Waals surface area contributed by atoms with Crippen LogP contribution in [-0.2, 0) is 16.6 Å². The van der Waals surface area contributed by atoms with Gasteiger partial charge < -0.3 is 5.11 Å². The first-order chi connectivity index (χ1) is 9.84. The molecule has 7 nitrogen and oxygen atoms in total. The number of hydrogen-bond donors (Lipinski definition) is 2. The third kappa shape index (κ3) is 2.96. The Morgan fingerprint density at radius 2 is 1.95 bits per heavy atom. The molecular weight excluding hydrogens is 294 g/mol. The molecule has 0 spiro atoms. The van der Waals surface area contributed by atoms with Crippen LogP contribution in [0.15, 0.2) is 35.2 Å². The summed E-state index contributed by atoms with van der Waals surface area (Å²) < 4.78 is 26.2. The maximum absolute atomic E-state index is 12.5. The van der Waals surface area contributed by atoms with Crippen LogP contribution in [0.5, 0.6) is 0 Å². The van der Waals surface area contributed by atoms with Crippen molar-refractivity contribution in [2.45, 2.75) is 18.4 Å². The highest BCUT2D eigenvalue weighted by molar-refractivity contribution is 7.89. The van der Waals surface area contributed by atoms with Crippen LogP contribution in [-0.4, -0.2) is 41.0 Å². The van der Waals surface area contributed by atoms with Gasteiger partial charge in [0, 0.05) is 13.6 Å². The second-order valence-electron chi connectivity index (χ2n) is 4.58. The second-order valence-corrected chi connectivity index (χ2v) is 6.56. The molecule has 0 amide bonds. The molecule has 112 valence electrons. The highest BCUT2D eigenvalue weighted by Gasteiger charge is 2.31. The van der Waals surface area contributed by atoms with E-state index in [1.165, 1.54) is 14.0 Å². The lowest BCUT2D eigenvalue weighted by Crippen LogP contribution is -2.28. The minimum atomic E-state index is -3.94. The third-order valence-corrected chi connectivity index (χ3v) is 4.98. The Labute approximate surface area is 122 Å². The Morgan fingerprint density at radius 3 is 2.52 bits per heavy atom. The Morgan fingerprint density at radius 1 is 1.33 bits per heavy atom. The van der Waals surface area contributed by atoms with Crippen LogP contribution in [0.25, 0.3) is 0 Å². The predicted molar refractivity (Wildman–Crippen MR) is 75.4 cm³/mol. The Kier molecular flexibility index (Phi) is 4.10. The normalized spacial score (nSPS) is 11.8. The molecular formula is C13H15N3O4S. The lowest BCUT2D eigenvalue weighted by atomic mass is 10.2. The van der Waals surface area contributed by atoms with Crippen LogP contribution < -0.4 is 0 Å². The number of sulfonamides is 1. The zero-order valence-electron chi connectivity index (χ0n) is 11.6. The number of aromatic amines is 1. The van der Waals surface area contributed by atoms with Crippen LogP contribution in [0.1, 0.15) is 21.7 Å². The fourth-order valence-corrected chi connectivity index (χ4v) is 3.40. The average molecular weight is 309 g/mol. The number of hydrogen-bond acceptors (Lipinski definition) is 4. The topological polar surface area (TPSA) is 103 Å². The van der Waals surface area contributed by atoms with Gasteiger partial charge in [0.25, 0.3) is 0 Å². The number of aromatic carboxylic acids is 1. The summed E-state index contributed by atoms with van der Waals surface area (Å²) in [5.41, 5.74) is 0.515. The van der Waals surface area contributed by atoms with E-state index in [-0.39, 0.29) is 17.1 Å². The number of H-pyrrole nitrogens is 1. The van der Waals surface area contributed by atoms with Crippen molar-refractivity contribution in [3.63, 3.8) is 0 Å². The molecule has 8 heteroatoms. The summed E-state index contributed by atoms with van der Waals surface area (Å²) in [4.78, 5) is 10.8. The molecule has 0 bridgehead atoms. The second kappa shape index (κ2) is 5.66. The molecule has 0 fully saturated rings. The number of aryl methyl sites for hydroxylation is 1. The molecule has 2 rings (SSSR count). The van der Waals surface area contributed by atoms with Crippen LogP contribution in [0.2, 0.25) is 0 Å². The van der Waals surface area contributed by atoms with E-state index in [0.717, 1.165) is 9.87 Å². The van der Waals surface area contributed by atoms with E-state index in [0.29, 0.717) is 0 Å². The van der Waals surface area contributed by atoms with Gasteiger partial charge >= 0.3 is 5.97 Å². The van der Waals surface area contributed by atoms with Gasteiger partial charge in [-0.05, 0) is 12.5 Å². The van der Waals surface area contributed by atoms with Crippen molar-refractivity contribution in [2.24, 2.45) is 0 Å². The standard InChI is InChI=1S/C13H15N3O4S/c1-9-12(11(13(17)18)15-14-9)21(19,20)16(2)8-10-6-4-3-5-7-10/h3-7H,8H2,1-2H3,(H,14,15)(H,17,18). The first-order valence-corrected chi connectivity index (χ1v) is 7.56. The first kappa shape index (κ1) is 15.2. The smallest absolute Gasteiger partial charge is 0.357 e. The van der Waals surface area contributed by atoms with Gasteiger partial charge in [0.1, 0.15) is 4.90 Å². The fourth-order valence-electron chi connectivity index (χ4n) is 1.96. The zero-order chi connectivity index (χ0) is 15.6. The predicted octanol–water partition coefficient (Wildman–Crippen LogP) is 1.24. The molecule has 2 N–H and O–H groups in total. The molecule has 0 aliphatic rings. The summed E-state index contributed by atoms with van der Waals surface area (Å²) in [5.74, 6) is -1.38. The van der Waals surface area contributed by atoms with Gasteiger partial charge in [-0.3, -0.25) is 5.10 Å². The number of nitrogens with zero attached hydrogens (tertiary/aromatic N) is 2. The fraction of sp³-hybridized carbons (Fsp3) is 0.231. The highest BCUT2D eigenvalue weighted by Crippen LogP contribution is 2.22. The molecule has 0 aliphatic carbocycles. The molecule has 0 saturated heterocycles. The Hall–Kier alpha value is -2.19. The van der Waals surface area contributed by atoms with Crippen molar-refractivity contribution in [3.05, 3.63) is 47.3 Å². The van der Waals surface area contributed by atoms with Crippen molar-refractivity contribution in [1.29, 1.82) is 0 Å². The number of carboxylic acids is 1. The molecule has 1 aromatic heterocycles. The van der Waals surface area contributed by atoms with Crippen molar-refractivity contribution >= 4 is 16.0 Å². The molecule has 0 unspecified atom stereocenters. The lowest BCUT2D eigenvalue weighted by Gasteiger charge is -2.17. The maximum Gasteiger partial charge on any atom is 0.357 e. The summed E-state index contributed by atoms with van der Waals surface area (Å²) in [6.45, 7) is 1.62. The molecule has 0 saturated carbocycles. The molecule has 0 radical (unpaired) electrons. The molecule has 1 heterocycles. The van der Waals surface area contributed by atoms with Crippen LogP contribution in [0.3, 0.4) is 0 Å². The third-order valence-electron chi connectivity index (χ3n) is 3.01. The molecule has 2 aromatic rings. The number of nitrogens with one attached hydrogen (secondary N) is 1. The number of carboxylic acid groups (broad SMARTS) is 1. The highest BCUT2D eigenvalue weighted by atomic mass is 32.2. The van der Waals surface area contributed by atoms with Crippen LogP contribution in [0, 0.1) is 6.92 Å². The van der Waals surface area contributed by atoms with Crippen molar-refractivity contribution in [3.8, 4) is 0 Å². The van der Waals surface area contributed by atoms with Gasteiger partial charge in [-0.1, -0.05) is 30.3 Å². The molecule has 0 atom stereocenters. The van der Waals surface area contributed by atoms with E-state index in [1.807, 2.05) is 18.2 Å². The quantitative estimate of drug-likeness (QED) is 0.864.